The van der Waals surface area contributed by atoms with E-state index in [9.17, 15) is 45.0 Å². The van der Waals surface area contributed by atoms with Crippen LogP contribution in [0.5, 0.6) is 40.2 Å². The van der Waals surface area contributed by atoms with Gasteiger partial charge in [-0.25, -0.2) is 4.79 Å². The zero-order valence-corrected chi connectivity index (χ0v) is 42.3. The van der Waals surface area contributed by atoms with Crippen molar-refractivity contribution in [3.63, 3.8) is 0 Å². The second kappa shape index (κ2) is 17.1. The molecular weight excluding hydrogens is 1230 g/mol. The van der Waals surface area contributed by atoms with Gasteiger partial charge in [-0.1, -0.05) is 48.2 Å². The Hall–Kier alpha value is -2.55. The third kappa shape index (κ3) is 7.05. The number of carboxylic acids is 1. The van der Waals surface area contributed by atoms with Gasteiger partial charge in [0.05, 0.1) is 26.2 Å². The predicted octanol–water partition coefficient (Wildman–Crippen LogP) is 1.51. The molecule has 9 rings (SSSR count). The largest absolute Gasteiger partial charge is 1.00 e. The summed E-state index contributed by atoms with van der Waals surface area (Å²) in [6, 6.07) is 22.1. The first-order valence-electron chi connectivity index (χ1n) is 16.0. The van der Waals surface area contributed by atoms with Crippen molar-refractivity contribution in [2.24, 2.45) is 0 Å². The van der Waals surface area contributed by atoms with Gasteiger partial charge in [0.1, 0.15) is 9.15 Å². The molecule has 0 saturated heterocycles. The van der Waals surface area contributed by atoms with Gasteiger partial charge in [0, 0.05) is 34.8 Å². The summed E-state index contributed by atoms with van der Waals surface area (Å²) in [5, 5.41) is 65.3. The van der Waals surface area contributed by atoms with Gasteiger partial charge in [-0.05, 0) is 138 Å². The van der Waals surface area contributed by atoms with Crippen molar-refractivity contribution in [3.8, 4) is 62.7 Å². The van der Waals surface area contributed by atoms with Crippen LogP contribution >= 0.6 is 90.4 Å². The van der Waals surface area contributed by atoms with E-state index in [1.165, 1.54) is 30.3 Å². The maximum atomic E-state index is 12.6. The zero-order chi connectivity index (χ0) is 40.0. The van der Waals surface area contributed by atoms with Crippen molar-refractivity contribution >= 4 is 113 Å². The van der Waals surface area contributed by atoms with Crippen molar-refractivity contribution in [2.45, 2.75) is 5.60 Å². The minimum Gasteiger partial charge on any atom is -0.871 e. The maximum Gasteiger partial charge on any atom is 1.00 e. The number of esters is 1. The van der Waals surface area contributed by atoms with E-state index in [4.69, 9.17) is 13.9 Å². The molecule has 58 heavy (non-hydrogen) atoms. The summed E-state index contributed by atoms with van der Waals surface area (Å²) in [5.41, 5.74) is 1.69. The van der Waals surface area contributed by atoms with Gasteiger partial charge in [0.25, 0.3) is 0 Å². The number of hydrogen-bond donors (Lipinski definition) is 4. The molecule has 12 nitrogen and oxygen atoms in total. The van der Waals surface area contributed by atoms with Crippen LogP contribution in [-0.2, 0) is 10.3 Å². The third-order valence-corrected chi connectivity index (χ3v) is 12.9. The molecule has 280 valence electrons. The van der Waals surface area contributed by atoms with Gasteiger partial charge in [-0.3, -0.25) is 4.79 Å². The fourth-order valence-corrected chi connectivity index (χ4v) is 10.5. The number of halogens is 4. The molecule has 0 saturated carbocycles. The minimum absolute atomic E-state index is 0. The monoisotopic (exact) mass is 1240 g/mol. The second-order valence-electron chi connectivity index (χ2n) is 12.4. The van der Waals surface area contributed by atoms with Crippen LogP contribution in [0, 0.1) is 14.3 Å². The standard InChI is InChI=1S/C20H8I4O5.C20H12O7.2Na/c21-11-5-9-13(7-3-1-2-4-8(7)20(27)28)10-6-12(22)17(26)15(24)19(10)29-18(9)14(23)16(11)25;21-13-7-5-11-17(15(13)23)26-18-12(6-8-14(22)16(18)24)20(11)10-4-2-1-3-9(10)19(25)27-20;;/h1-6,25H,(H,27,28);1-8,21-24H;;/q;;2*+1/p-2. The SMILES string of the molecule is O=C([O-])c1ccccc1-c1c2cc(I)c(=O)c(I)c-2oc2c(I)c([O-])c(I)cc12.O=C1OC2(c3ccccc31)c1ccc(O)c(O)c1Oc1c2ccc(O)c1O.[Na+].[Na+]. The van der Waals surface area contributed by atoms with Crippen LogP contribution in [0.1, 0.15) is 37.4 Å². The molecular formula is C40H18I4Na2O12. The number of fused-ring (bicyclic) bond motifs is 8. The molecule has 0 fully saturated rings. The number of phenolic OH excluding ortho intramolecular Hbond substituents is 4. The van der Waals surface area contributed by atoms with Gasteiger partial charge in [-0.2, -0.15) is 0 Å². The molecule has 4 aliphatic rings. The summed E-state index contributed by atoms with van der Waals surface area (Å²) < 4.78 is 19.2. The third-order valence-electron chi connectivity index (χ3n) is 9.38. The van der Waals surface area contributed by atoms with Gasteiger partial charge in [-0.15, -0.1) is 0 Å². The first-order chi connectivity index (χ1) is 26.7. The Morgan fingerprint density at radius 2 is 1.24 bits per heavy atom. The first-order valence-corrected chi connectivity index (χ1v) is 20.3. The summed E-state index contributed by atoms with van der Waals surface area (Å²) in [7, 11) is 0. The van der Waals surface area contributed by atoms with E-state index < -0.39 is 40.5 Å². The van der Waals surface area contributed by atoms with E-state index in [2.05, 4.69) is 0 Å². The molecule has 0 bridgehead atoms. The number of phenols is 4. The fraction of sp³-hybridized carbons (Fsp3) is 0.0250. The number of hydrogen-bond acceptors (Lipinski definition) is 12. The quantitative estimate of drug-likeness (QED) is 0.0639. The molecule has 3 aliphatic heterocycles. The second-order valence-corrected chi connectivity index (χ2v) is 16.9. The predicted molar refractivity (Wildman–Crippen MR) is 231 cm³/mol. The average Bonchev–Trinajstić information content (AvgIpc) is 3.48. The number of aromatic hydroxyl groups is 4. The van der Waals surface area contributed by atoms with E-state index >= 15 is 0 Å². The van der Waals surface area contributed by atoms with Crippen LogP contribution in [0.15, 0.2) is 94.1 Å². The van der Waals surface area contributed by atoms with Gasteiger partial charge < -0.3 is 49.3 Å². The first kappa shape index (κ1) is 45.0. The normalized spacial score (nSPS) is 12.9. The van der Waals surface area contributed by atoms with Crippen molar-refractivity contribution in [3.05, 3.63) is 137 Å². The van der Waals surface area contributed by atoms with Gasteiger partial charge in [0.15, 0.2) is 34.4 Å². The van der Waals surface area contributed by atoms with Crippen molar-refractivity contribution in [1.29, 1.82) is 0 Å². The Morgan fingerprint density at radius 1 is 0.672 bits per heavy atom. The molecule has 0 amide bonds. The molecule has 1 aliphatic carbocycles. The molecule has 0 aromatic heterocycles. The van der Waals surface area contributed by atoms with Crippen molar-refractivity contribution in [2.75, 3.05) is 0 Å². The van der Waals surface area contributed by atoms with Crippen molar-refractivity contribution in [1.82, 2.24) is 0 Å². The Morgan fingerprint density at radius 3 is 1.84 bits per heavy atom. The molecule has 5 aromatic carbocycles. The molecule has 0 atom stereocenters. The summed E-state index contributed by atoms with van der Waals surface area (Å²) in [5.74, 6) is -4.10. The Bertz CT molecular complexity index is 2860. The summed E-state index contributed by atoms with van der Waals surface area (Å²) in [4.78, 5) is 36.9. The van der Waals surface area contributed by atoms with Crippen LogP contribution in [-0.4, -0.2) is 32.4 Å². The van der Waals surface area contributed by atoms with Crippen LogP contribution < -0.4 is 79.5 Å². The number of aromatic carboxylic acids is 1. The van der Waals surface area contributed by atoms with Crippen molar-refractivity contribution < 1.29 is 113 Å². The number of benzene rings is 6. The molecule has 5 aromatic rings. The molecule has 3 heterocycles. The summed E-state index contributed by atoms with van der Waals surface area (Å²) in [6.45, 7) is 0. The molecule has 18 heteroatoms. The maximum absolute atomic E-state index is 12.6. The molecule has 0 radical (unpaired) electrons. The van der Waals surface area contributed by atoms with E-state index in [1.807, 2.05) is 90.4 Å². The summed E-state index contributed by atoms with van der Waals surface area (Å²) in [6.07, 6.45) is 0. The van der Waals surface area contributed by atoms with Gasteiger partial charge in [0.2, 0.25) is 16.9 Å². The molecule has 1 spiro atoms. The number of rotatable bonds is 2. The number of carbonyl (C=O) groups is 2. The van der Waals surface area contributed by atoms with E-state index in [0.29, 0.717) is 58.8 Å². The van der Waals surface area contributed by atoms with Crippen LogP contribution in [0.2, 0.25) is 0 Å². The Balaban J connectivity index is 0.000000189. The number of carbonyl (C=O) groups excluding carboxylic acids is 2. The number of carboxylic acid groups (broad SMARTS) is 1. The Labute approximate surface area is 426 Å². The van der Waals surface area contributed by atoms with Crippen LogP contribution in [0.3, 0.4) is 0 Å². The van der Waals surface area contributed by atoms with Gasteiger partial charge >= 0.3 is 65.1 Å². The fourth-order valence-electron chi connectivity index (χ4n) is 6.90. The minimum atomic E-state index is -1.51. The summed E-state index contributed by atoms with van der Waals surface area (Å²) >= 11 is 7.76. The smallest absolute Gasteiger partial charge is 0.871 e. The van der Waals surface area contributed by atoms with Crippen LogP contribution in [0.25, 0.3) is 33.4 Å². The number of ether oxygens (including phenoxy) is 2. The molecule has 4 N–H and O–H groups in total. The molecule has 0 unspecified atom stereocenters. The van der Waals surface area contributed by atoms with E-state index in [1.54, 1.807) is 54.6 Å². The topological polar surface area (TPSA) is 210 Å². The van der Waals surface area contributed by atoms with E-state index in [-0.39, 0.29) is 98.5 Å². The average molecular weight is 1240 g/mol. The zero-order valence-electron chi connectivity index (χ0n) is 29.6. The van der Waals surface area contributed by atoms with Crippen LogP contribution in [0.4, 0.5) is 0 Å². The van der Waals surface area contributed by atoms with E-state index in [0.717, 1.165) is 0 Å². The Kier molecular flexibility index (Phi) is 13.2.